The summed E-state index contributed by atoms with van der Waals surface area (Å²) in [6, 6.07) is -6.27. The van der Waals surface area contributed by atoms with Crippen LogP contribution in [-0.4, -0.2) is 36.0 Å². The maximum Gasteiger partial charge on any atom is 0.435 e. The fraction of sp³-hybridized carbons (Fsp3) is 0.625. The second kappa shape index (κ2) is 4.50. The molecule has 1 rings (SSSR count). The Balaban J connectivity index is 3.89. The third-order valence-electron chi connectivity index (χ3n) is 2.46. The highest BCUT2D eigenvalue weighted by Crippen LogP contribution is 2.59. The van der Waals surface area contributed by atoms with Crippen molar-refractivity contribution in [2.45, 2.75) is 30.0 Å². The van der Waals surface area contributed by atoms with E-state index in [4.69, 9.17) is 0 Å². The zero-order valence-corrected chi connectivity index (χ0v) is 9.36. The molecule has 1 aliphatic heterocycles. The maximum absolute atomic E-state index is 13.4. The van der Waals surface area contributed by atoms with Crippen LogP contribution in [-0.2, 0) is 0 Å². The SMILES string of the molecule is FC1=NC(F)(F)C(F)(F)C(C(F)(C(F)(F)F)C(F)(F)F)=C1F. The summed E-state index contributed by atoms with van der Waals surface area (Å²) in [4.78, 5) is 1.01. The molecule has 0 N–H and O–H groups in total. The van der Waals surface area contributed by atoms with Crippen molar-refractivity contribution in [1.82, 2.24) is 0 Å². The van der Waals surface area contributed by atoms with Gasteiger partial charge in [0.2, 0.25) is 5.97 Å². The first-order valence-corrected chi connectivity index (χ1v) is 4.65. The van der Waals surface area contributed by atoms with Crippen molar-refractivity contribution in [1.29, 1.82) is 0 Å². The van der Waals surface area contributed by atoms with Crippen LogP contribution in [0, 0.1) is 0 Å². The lowest BCUT2D eigenvalue weighted by Crippen LogP contribution is -2.62. The van der Waals surface area contributed by atoms with Crippen molar-refractivity contribution in [2.75, 3.05) is 0 Å². The quantitative estimate of drug-likeness (QED) is 0.479. The Morgan fingerprint density at radius 1 is 0.727 bits per heavy atom. The molecule has 1 heterocycles. The molecule has 1 aliphatic rings. The molecular weight excluding hydrogens is 357 g/mol. The first kappa shape index (κ1) is 18.5. The molecule has 0 unspecified atom stereocenters. The van der Waals surface area contributed by atoms with E-state index in [1.165, 1.54) is 0 Å². The fourth-order valence-corrected chi connectivity index (χ4v) is 1.45. The van der Waals surface area contributed by atoms with Gasteiger partial charge in [0, 0.05) is 0 Å². The molecule has 0 fully saturated rings. The van der Waals surface area contributed by atoms with Gasteiger partial charge in [-0.2, -0.15) is 53.3 Å². The van der Waals surface area contributed by atoms with Crippen LogP contribution in [0.15, 0.2) is 16.4 Å². The van der Waals surface area contributed by atoms with E-state index >= 15 is 0 Å². The molecule has 1 nitrogen and oxygen atoms in total. The summed E-state index contributed by atoms with van der Waals surface area (Å²) in [5, 5.41) is 0. The van der Waals surface area contributed by atoms with Gasteiger partial charge in [0.25, 0.3) is 0 Å². The minimum absolute atomic E-state index is 1.01. The lowest BCUT2D eigenvalue weighted by atomic mass is 9.86. The highest BCUT2D eigenvalue weighted by molar-refractivity contribution is 5.93. The number of halogens is 13. The van der Waals surface area contributed by atoms with Crippen LogP contribution in [0.4, 0.5) is 57.1 Å². The lowest BCUT2D eigenvalue weighted by molar-refractivity contribution is -0.339. The van der Waals surface area contributed by atoms with Crippen LogP contribution >= 0.6 is 0 Å². The number of rotatable bonds is 1. The topological polar surface area (TPSA) is 12.4 Å². The van der Waals surface area contributed by atoms with E-state index in [1.54, 1.807) is 0 Å². The lowest BCUT2D eigenvalue weighted by Gasteiger charge is -2.38. The smallest absolute Gasteiger partial charge is 0.218 e. The van der Waals surface area contributed by atoms with Gasteiger partial charge in [-0.25, -0.2) is 8.78 Å². The molecule has 0 saturated carbocycles. The molecule has 0 bridgehead atoms. The minimum Gasteiger partial charge on any atom is -0.218 e. The van der Waals surface area contributed by atoms with Gasteiger partial charge < -0.3 is 0 Å². The monoisotopic (exact) mass is 357 g/mol. The van der Waals surface area contributed by atoms with Crippen molar-refractivity contribution >= 4 is 5.97 Å². The van der Waals surface area contributed by atoms with Crippen LogP contribution in [0.3, 0.4) is 0 Å². The average Bonchev–Trinajstić information content (AvgIpc) is 2.22. The van der Waals surface area contributed by atoms with E-state index < -0.39 is 47.4 Å². The summed E-state index contributed by atoms with van der Waals surface area (Å²) in [5.41, 5.74) is -11.7. The van der Waals surface area contributed by atoms with Gasteiger partial charge in [0.15, 0.2) is 5.83 Å². The molecule has 0 amide bonds. The van der Waals surface area contributed by atoms with E-state index in [0.717, 1.165) is 4.99 Å². The molecule has 128 valence electrons. The van der Waals surface area contributed by atoms with Crippen LogP contribution < -0.4 is 0 Å². The Morgan fingerprint density at radius 3 is 1.41 bits per heavy atom. The summed E-state index contributed by atoms with van der Waals surface area (Å²) in [7, 11) is 0. The highest BCUT2D eigenvalue weighted by Gasteiger charge is 2.83. The summed E-state index contributed by atoms with van der Waals surface area (Å²) in [6.45, 7) is 0. The number of allylic oxidation sites excluding steroid dienone is 1. The van der Waals surface area contributed by atoms with Gasteiger partial charge in [-0.05, 0) is 0 Å². The Labute approximate surface area is 111 Å². The molecule has 0 aromatic carbocycles. The van der Waals surface area contributed by atoms with Gasteiger partial charge in [0.1, 0.15) is 5.57 Å². The van der Waals surface area contributed by atoms with E-state index in [-0.39, 0.29) is 0 Å². The first-order chi connectivity index (χ1) is 9.41. The fourth-order valence-electron chi connectivity index (χ4n) is 1.45. The molecule has 0 aliphatic carbocycles. The van der Waals surface area contributed by atoms with Crippen molar-refractivity contribution < 1.29 is 57.1 Å². The Kier molecular flexibility index (Phi) is 3.80. The van der Waals surface area contributed by atoms with E-state index in [9.17, 15) is 57.1 Å². The highest BCUT2D eigenvalue weighted by atomic mass is 19.4. The molecule has 0 spiro atoms. The van der Waals surface area contributed by atoms with Crippen molar-refractivity contribution in [2.24, 2.45) is 4.99 Å². The number of hydrogen-bond donors (Lipinski definition) is 0. The van der Waals surface area contributed by atoms with Gasteiger partial charge in [-0.1, -0.05) is 0 Å². The molecule has 0 saturated heterocycles. The molecule has 0 aromatic heterocycles. The molecule has 14 heteroatoms. The Hall–Kier alpha value is -1.50. The number of alkyl halides is 11. The average molecular weight is 357 g/mol. The third kappa shape index (κ3) is 2.22. The normalized spacial score (nSPS) is 22.7. The minimum atomic E-state index is -7.34. The van der Waals surface area contributed by atoms with Crippen molar-refractivity contribution in [3.8, 4) is 0 Å². The maximum atomic E-state index is 13.4. The number of dihydropyridines is 1. The van der Waals surface area contributed by atoms with E-state index in [0.29, 0.717) is 0 Å². The number of aliphatic imine (C=N–C) groups is 1. The van der Waals surface area contributed by atoms with Crippen molar-refractivity contribution in [3.05, 3.63) is 11.4 Å². The van der Waals surface area contributed by atoms with Crippen molar-refractivity contribution in [3.63, 3.8) is 0 Å². The van der Waals surface area contributed by atoms with Crippen LogP contribution in [0.25, 0.3) is 0 Å². The zero-order valence-electron chi connectivity index (χ0n) is 9.36. The Bertz CT molecular complexity index is 519. The van der Waals surface area contributed by atoms with Crippen LogP contribution in [0.5, 0.6) is 0 Å². The largest absolute Gasteiger partial charge is 0.435 e. The van der Waals surface area contributed by atoms with Gasteiger partial charge in [-0.15, -0.1) is 0 Å². The molecule has 0 radical (unpaired) electrons. The predicted molar refractivity (Wildman–Crippen MR) is 42.5 cm³/mol. The zero-order chi connectivity index (χ0) is 17.9. The molecular formula is C8F13N. The summed E-state index contributed by atoms with van der Waals surface area (Å²) in [6.07, 6.45) is -14.7. The van der Waals surface area contributed by atoms with E-state index in [1.807, 2.05) is 0 Å². The third-order valence-corrected chi connectivity index (χ3v) is 2.46. The van der Waals surface area contributed by atoms with Gasteiger partial charge in [-0.3, -0.25) is 0 Å². The summed E-state index contributed by atoms with van der Waals surface area (Å²) in [5.74, 6) is -14.0. The number of hydrogen-bond acceptors (Lipinski definition) is 1. The van der Waals surface area contributed by atoms with Crippen LogP contribution in [0.1, 0.15) is 0 Å². The first-order valence-electron chi connectivity index (χ1n) is 4.65. The molecule has 22 heavy (non-hydrogen) atoms. The van der Waals surface area contributed by atoms with Crippen LogP contribution in [0.2, 0.25) is 0 Å². The molecule has 0 aromatic rings. The number of nitrogens with zero attached hydrogens (tertiary/aromatic N) is 1. The standard InChI is InChI=1S/C8F13N/c9-1-2(4(11,6(14,15)16)7(17,18)19)5(12,13)8(20,21)22-3(1)10. The van der Waals surface area contributed by atoms with E-state index in [2.05, 4.69) is 0 Å². The predicted octanol–water partition coefficient (Wildman–Crippen LogP) is 4.65. The second-order valence-corrected chi connectivity index (χ2v) is 3.86. The molecule has 0 atom stereocenters. The Morgan fingerprint density at radius 2 is 1.09 bits per heavy atom. The van der Waals surface area contributed by atoms with Gasteiger partial charge >= 0.3 is 30.0 Å². The van der Waals surface area contributed by atoms with Gasteiger partial charge in [0.05, 0.1) is 0 Å². The summed E-state index contributed by atoms with van der Waals surface area (Å²) < 4.78 is 164. The second-order valence-electron chi connectivity index (χ2n) is 3.86. The summed E-state index contributed by atoms with van der Waals surface area (Å²) >= 11 is 0.